The number of carbonyl (C=O) groups excluding carboxylic acids is 4. The third kappa shape index (κ3) is 4.56. The number of para-hydroxylation sites is 1. The molecule has 246 valence electrons. The number of amides is 4. The van der Waals surface area contributed by atoms with Crippen molar-refractivity contribution in [2.24, 2.45) is 17.8 Å². The molecule has 2 N–H and O–H groups in total. The maximum absolute atomic E-state index is 14.4. The standard InChI is InChI=1S/C38H28Cl2FN3O5/c39-37-20-30-28(18-19-29-31(30)34(47)43(33(29)46)25-14-10-24(11-15-25)42-23-4-2-1-3-5-23)32(21-6-16-27(45)17-7-21)38(37,40)36(49)44(35(37)48)26-12-8-22(41)9-13-26/h1-18,29-32,42,45H,19-20H2. The Morgan fingerprint density at radius 3 is 2.00 bits per heavy atom. The van der Waals surface area contributed by atoms with Crippen molar-refractivity contribution in [2.45, 2.75) is 28.5 Å². The Hall–Kier alpha value is -4.99. The lowest BCUT2D eigenvalue weighted by molar-refractivity contribution is -0.125. The van der Waals surface area contributed by atoms with Crippen molar-refractivity contribution in [3.05, 3.63) is 126 Å². The predicted molar refractivity (Wildman–Crippen MR) is 183 cm³/mol. The van der Waals surface area contributed by atoms with Crippen LogP contribution in [0.15, 0.2) is 115 Å². The van der Waals surface area contributed by atoms with E-state index >= 15 is 0 Å². The molecule has 8 nitrogen and oxygen atoms in total. The molecule has 4 amide bonds. The van der Waals surface area contributed by atoms with Crippen LogP contribution in [0, 0.1) is 23.6 Å². The molecule has 3 fully saturated rings. The van der Waals surface area contributed by atoms with Crippen LogP contribution in [0.25, 0.3) is 0 Å². The van der Waals surface area contributed by atoms with Crippen LogP contribution in [0.3, 0.4) is 0 Å². The fourth-order valence-corrected chi connectivity index (χ4v) is 9.01. The number of nitrogens with one attached hydrogen (secondary N) is 1. The molecule has 4 aromatic rings. The van der Waals surface area contributed by atoms with Crippen molar-refractivity contribution in [3.63, 3.8) is 0 Å². The highest BCUT2D eigenvalue weighted by Gasteiger charge is 2.76. The first kappa shape index (κ1) is 31.3. The molecule has 0 radical (unpaired) electrons. The van der Waals surface area contributed by atoms with Gasteiger partial charge >= 0.3 is 0 Å². The minimum atomic E-state index is -2.04. The van der Waals surface area contributed by atoms with Gasteiger partial charge in [0.15, 0.2) is 9.75 Å². The summed E-state index contributed by atoms with van der Waals surface area (Å²) in [5.74, 6) is -6.21. The van der Waals surface area contributed by atoms with Gasteiger partial charge in [0.1, 0.15) is 11.6 Å². The van der Waals surface area contributed by atoms with Crippen molar-refractivity contribution in [1.82, 2.24) is 0 Å². The normalized spacial score (nSPS) is 29.0. The van der Waals surface area contributed by atoms with E-state index in [1.54, 1.807) is 36.4 Å². The number of imide groups is 2. The average Bonchev–Trinajstić information content (AvgIpc) is 3.44. The lowest BCUT2D eigenvalue weighted by Crippen LogP contribution is -2.60. The molecule has 0 spiro atoms. The Kier molecular flexibility index (Phi) is 7.21. The number of phenolic OH excluding ortho intramolecular Hbond substituents is 1. The molecule has 11 heteroatoms. The highest BCUT2D eigenvalue weighted by molar-refractivity contribution is 6.58. The second kappa shape index (κ2) is 11.3. The van der Waals surface area contributed by atoms with Gasteiger partial charge < -0.3 is 10.4 Å². The number of hydrogen-bond donors (Lipinski definition) is 2. The van der Waals surface area contributed by atoms with Crippen molar-refractivity contribution in [2.75, 3.05) is 15.1 Å². The quantitative estimate of drug-likeness (QED) is 0.132. The Labute approximate surface area is 290 Å². The molecule has 2 aliphatic heterocycles. The first-order chi connectivity index (χ1) is 23.5. The van der Waals surface area contributed by atoms with Gasteiger partial charge in [0.05, 0.1) is 23.2 Å². The number of fused-ring (bicyclic) bond motifs is 4. The lowest BCUT2D eigenvalue weighted by Gasteiger charge is -2.50. The van der Waals surface area contributed by atoms with Gasteiger partial charge in [-0.3, -0.25) is 24.1 Å². The Morgan fingerprint density at radius 2 is 1.33 bits per heavy atom. The van der Waals surface area contributed by atoms with Crippen LogP contribution in [0.5, 0.6) is 5.75 Å². The van der Waals surface area contributed by atoms with Crippen LogP contribution >= 0.6 is 23.2 Å². The molecule has 6 unspecified atom stereocenters. The molecule has 4 aliphatic rings. The number of anilines is 4. The number of rotatable bonds is 5. The third-order valence-corrected chi connectivity index (χ3v) is 11.7. The number of phenols is 1. The van der Waals surface area contributed by atoms with Gasteiger partial charge in [0, 0.05) is 17.3 Å². The minimum Gasteiger partial charge on any atom is -0.508 e. The summed E-state index contributed by atoms with van der Waals surface area (Å²) in [6.07, 6.45) is 1.88. The van der Waals surface area contributed by atoms with E-state index in [9.17, 15) is 28.7 Å². The number of alkyl halides is 2. The van der Waals surface area contributed by atoms with Gasteiger partial charge in [-0.05, 0) is 97.1 Å². The van der Waals surface area contributed by atoms with E-state index in [0.717, 1.165) is 28.4 Å². The maximum atomic E-state index is 14.4. The lowest BCUT2D eigenvalue weighted by atomic mass is 9.56. The molecular formula is C38H28Cl2FN3O5. The van der Waals surface area contributed by atoms with Crippen LogP contribution < -0.4 is 15.1 Å². The van der Waals surface area contributed by atoms with E-state index in [-0.39, 0.29) is 30.2 Å². The summed E-state index contributed by atoms with van der Waals surface area (Å²) in [7, 11) is 0. The zero-order chi connectivity index (χ0) is 34.2. The number of halogens is 3. The summed E-state index contributed by atoms with van der Waals surface area (Å²) in [5, 5.41) is 13.4. The molecular weight excluding hydrogens is 668 g/mol. The largest absolute Gasteiger partial charge is 0.508 e. The molecule has 2 heterocycles. The molecule has 0 bridgehead atoms. The average molecular weight is 697 g/mol. The van der Waals surface area contributed by atoms with Crippen molar-refractivity contribution in [3.8, 4) is 5.75 Å². The topological polar surface area (TPSA) is 107 Å². The van der Waals surface area contributed by atoms with Gasteiger partial charge in [0.25, 0.3) is 11.8 Å². The van der Waals surface area contributed by atoms with E-state index in [4.69, 9.17) is 23.2 Å². The Balaban J connectivity index is 1.19. The minimum absolute atomic E-state index is 0.0199. The first-order valence-corrected chi connectivity index (χ1v) is 16.6. The fourth-order valence-electron chi connectivity index (χ4n) is 8.08. The smallest absolute Gasteiger partial charge is 0.258 e. The van der Waals surface area contributed by atoms with Gasteiger partial charge in [-0.2, -0.15) is 0 Å². The second-order valence-electron chi connectivity index (χ2n) is 12.9. The maximum Gasteiger partial charge on any atom is 0.258 e. The summed E-state index contributed by atoms with van der Waals surface area (Å²) in [6.45, 7) is 0. The summed E-state index contributed by atoms with van der Waals surface area (Å²) >= 11 is 14.7. The molecule has 2 aliphatic carbocycles. The van der Waals surface area contributed by atoms with E-state index in [1.807, 2.05) is 36.4 Å². The SMILES string of the molecule is O=C1C2CC=C3C(CC4(Cl)C(=O)N(c5ccc(F)cc5)C(=O)C4(Cl)C3c3ccc(O)cc3)C2C(=O)N1c1ccc(Nc2ccccc2)cc1. The van der Waals surface area contributed by atoms with Crippen LogP contribution in [0.1, 0.15) is 24.3 Å². The van der Waals surface area contributed by atoms with E-state index in [0.29, 0.717) is 16.8 Å². The molecule has 0 aromatic heterocycles. The molecule has 6 atom stereocenters. The number of allylic oxidation sites excluding steroid dienone is 2. The number of aromatic hydroxyl groups is 1. The van der Waals surface area contributed by atoms with Crippen LogP contribution in [0.4, 0.5) is 27.1 Å². The van der Waals surface area contributed by atoms with Gasteiger partial charge in [-0.15, -0.1) is 23.2 Å². The summed E-state index contributed by atoms with van der Waals surface area (Å²) in [6, 6.07) is 27.6. The van der Waals surface area contributed by atoms with Gasteiger partial charge in [-0.1, -0.05) is 42.0 Å². The van der Waals surface area contributed by atoms with Crippen molar-refractivity contribution in [1.29, 1.82) is 0 Å². The number of carbonyl (C=O) groups is 4. The van der Waals surface area contributed by atoms with Crippen LogP contribution in [-0.4, -0.2) is 38.5 Å². The van der Waals surface area contributed by atoms with E-state index in [2.05, 4.69) is 5.32 Å². The van der Waals surface area contributed by atoms with Crippen LogP contribution in [-0.2, 0) is 19.2 Å². The fraction of sp³-hybridized carbons (Fsp3) is 0.211. The summed E-state index contributed by atoms with van der Waals surface area (Å²) in [4.78, 5) is 55.0. The zero-order valence-electron chi connectivity index (χ0n) is 25.7. The molecule has 4 aromatic carbocycles. The Morgan fingerprint density at radius 1 is 0.714 bits per heavy atom. The van der Waals surface area contributed by atoms with Crippen LogP contribution in [0.2, 0.25) is 0 Å². The van der Waals surface area contributed by atoms with E-state index < -0.39 is 57.0 Å². The van der Waals surface area contributed by atoms with Gasteiger partial charge in [-0.25, -0.2) is 9.29 Å². The molecule has 1 saturated carbocycles. The predicted octanol–water partition coefficient (Wildman–Crippen LogP) is 7.04. The number of benzene rings is 4. The van der Waals surface area contributed by atoms with Crippen molar-refractivity contribution >= 4 is 69.6 Å². The molecule has 49 heavy (non-hydrogen) atoms. The number of nitrogens with zero attached hydrogens (tertiary/aromatic N) is 2. The highest BCUT2D eigenvalue weighted by atomic mass is 35.5. The third-order valence-electron chi connectivity index (χ3n) is 10.3. The van der Waals surface area contributed by atoms with Crippen molar-refractivity contribution < 1.29 is 28.7 Å². The first-order valence-electron chi connectivity index (χ1n) is 15.8. The van der Waals surface area contributed by atoms with E-state index in [1.165, 1.54) is 29.2 Å². The summed E-state index contributed by atoms with van der Waals surface area (Å²) in [5.41, 5.74) is 3.32. The van der Waals surface area contributed by atoms with Gasteiger partial charge in [0.2, 0.25) is 11.8 Å². The summed E-state index contributed by atoms with van der Waals surface area (Å²) < 4.78 is 13.9. The Bertz CT molecular complexity index is 2060. The zero-order valence-corrected chi connectivity index (χ0v) is 27.2. The highest BCUT2D eigenvalue weighted by Crippen LogP contribution is 2.66. The monoisotopic (exact) mass is 695 g/mol. The molecule has 8 rings (SSSR count). The number of hydrogen-bond acceptors (Lipinski definition) is 6. The second-order valence-corrected chi connectivity index (χ2v) is 14.1. The molecule has 2 saturated heterocycles.